The number of allylic oxidation sites excluding steroid dienone is 1. The zero-order valence-electron chi connectivity index (χ0n) is 22.1. The summed E-state index contributed by atoms with van der Waals surface area (Å²) in [6.45, 7) is 7.73. The van der Waals surface area contributed by atoms with Crippen LogP contribution in [0.1, 0.15) is 64.8 Å². The number of carbonyl (C=O) groups excluding carboxylic acids is 2. The molecule has 3 aromatic rings. The highest BCUT2D eigenvalue weighted by Crippen LogP contribution is 2.45. The second-order valence-corrected chi connectivity index (χ2v) is 10.0. The third kappa shape index (κ3) is 5.00. The molecule has 1 aromatic carbocycles. The van der Waals surface area contributed by atoms with E-state index in [4.69, 9.17) is 14.0 Å². The smallest absolute Gasteiger partial charge is 0.468 e. The molecule has 0 saturated carbocycles. The lowest BCUT2D eigenvalue weighted by Crippen LogP contribution is -2.48. The number of methoxy groups -OCH3 is 1. The Kier molecular flexibility index (Phi) is 6.69. The number of nitrogens with zero attached hydrogens (tertiary/aromatic N) is 2. The number of amides is 1. The standard InChI is InChI=1S/C27H28F3N3O6/c1-12-10-33(11-13(2)37-12)25(34)19-8-17(38-27(28,29)30)9-21-23(19)18-6-16(22-14(3)32-39-15(22)4)7-20(24(18)31-21)26(35)36-5/h6,8-9,12-13,20,31H,7,10-11H2,1-5H3/t12-,13+,20?. The molecule has 0 radical (unpaired) electrons. The summed E-state index contributed by atoms with van der Waals surface area (Å²) in [4.78, 5) is 31.4. The quantitative estimate of drug-likeness (QED) is 0.452. The molecule has 1 unspecified atom stereocenters. The summed E-state index contributed by atoms with van der Waals surface area (Å²) in [5, 5.41) is 4.40. The highest BCUT2D eigenvalue weighted by molar-refractivity contribution is 6.12. The maximum Gasteiger partial charge on any atom is 0.573 e. The number of nitrogens with one attached hydrogen (secondary N) is 1. The van der Waals surface area contributed by atoms with Crippen LogP contribution in [0.3, 0.4) is 0 Å². The number of halogens is 3. The number of H-pyrrole nitrogens is 1. The van der Waals surface area contributed by atoms with Crippen molar-refractivity contribution >= 4 is 34.4 Å². The first-order valence-corrected chi connectivity index (χ1v) is 12.5. The van der Waals surface area contributed by atoms with Crippen molar-refractivity contribution in [2.24, 2.45) is 0 Å². The number of fused-ring (bicyclic) bond motifs is 3. The molecule has 2 aromatic heterocycles. The van der Waals surface area contributed by atoms with E-state index in [1.807, 2.05) is 19.9 Å². The third-order valence-electron chi connectivity index (χ3n) is 7.04. The fourth-order valence-corrected chi connectivity index (χ4v) is 5.67. The Bertz CT molecular complexity index is 1460. The Morgan fingerprint density at radius 3 is 2.44 bits per heavy atom. The number of hydrogen-bond acceptors (Lipinski definition) is 7. The van der Waals surface area contributed by atoms with Crippen LogP contribution in [-0.2, 0) is 14.3 Å². The van der Waals surface area contributed by atoms with Crippen molar-refractivity contribution in [3.8, 4) is 5.75 Å². The number of alkyl halides is 3. The maximum absolute atomic E-state index is 13.9. The number of ether oxygens (including phenoxy) is 3. The molecule has 12 heteroatoms. The Hall–Kier alpha value is -3.80. The van der Waals surface area contributed by atoms with Crippen molar-refractivity contribution in [3.63, 3.8) is 0 Å². The van der Waals surface area contributed by atoms with E-state index < -0.39 is 29.9 Å². The lowest BCUT2D eigenvalue weighted by atomic mass is 9.83. The summed E-state index contributed by atoms with van der Waals surface area (Å²) in [6, 6.07) is 2.28. The van der Waals surface area contributed by atoms with Gasteiger partial charge >= 0.3 is 12.3 Å². The number of benzene rings is 1. The van der Waals surface area contributed by atoms with Crippen LogP contribution in [0, 0.1) is 13.8 Å². The first kappa shape index (κ1) is 26.8. The number of carbonyl (C=O) groups is 2. The average Bonchev–Trinajstić information content (AvgIpc) is 3.39. The van der Waals surface area contributed by atoms with Gasteiger partial charge < -0.3 is 28.6 Å². The van der Waals surface area contributed by atoms with Crippen LogP contribution in [0.25, 0.3) is 22.6 Å². The molecule has 1 fully saturated rings. The van der Waals surface area contributed by atoms with Gasteiger partial charge in [-0.2, -0.15) is 0 Å². The molecule has 1 amide bonds. The minimum Gasteiger partial charge on any atom is -0.468 e. The zero-order valence-corrected chi connectivity index (χ0v) is 22.1. The summed E-state index contributed by atoms with van der Waals surface area (Å²) in [6.07, 6.45) is -3.41. The maximum atomic E-state index is 13.9. The number of esters is 1. The largest absolute Gasteiger partial charge is 0.573 e. The van der Waals surface area contributed by atoms with Gasteiger partial charge in [0.2, 0.25) is 0 Å². The Balaban J connectivity index is 1.75. The SMILES string of the molecule is COC(=O)C1CC(c2c(C)noc2C)=Cc2c1[nH]c1cc(OC(F)(F)F)cc(C(=O)N3C[C@@H](C)O[C@@H](C)C3)c21. The molecule has 208 valence electrons. The van der Waals surface area contributed by atoms with Gasteiger partial charge in [0.05, 0.1) is 36.1 Å². The van der Waals surface area contributed by atoms with Crippen molar-refractivity contribution in [3.05, 3.63) is 46.0 Å². The summed E-state index contributed by atoms with van der Waals surface area (Å²) < 4.78 is 60.0. The molecule has 1 N–H and O–H groups in total. The average molecular weight is 548 g/mol. The monoisotopic (exact) mass is 547 g/mol. The Morgan fingerprint density at radius 1 is 1.15 bits per heavy atom. The van der Waals surface area contributed by atoms with Crippen LogP contribution in [0.4, 0.5) is 13.2 Å². The molecule has 5 rings (SSSR count). The van der Waals surface area contributed by atoms with E-state index in [2.05, 4.69) is 14.9 Å². The predicted octanol–water partition coefficient (Wildman–Crippen LogP) is 5.12. The summed E-state index contributed by atoms with van der Waals surface area (Å²) in [7, 11) is 1.27. The van der Waals surface area contributed by atoms with Gasteiger partial charge in [-0.05, 0) is 51.8 Å². The second kappa shape index (κ2) is 9.74. The fourth-order valence-electron chi connectivity index (χ4n) is 5.67. The van der Waals surface area contributed by atoms with Gasteiger partial charge in [-0.25, -0.2) is 0 Å². The van der Waals surface area contributed by atoms with Crippen LogP contribution < -0.4 is 4.74 Å². The fraction of sp³-hybridized carbons (Fsp3) is 0.444. The molecule has 2 aliphatic rings. The molecule has 39 heavy (non-hydrogen) atoms. The molecular weight excluding hydrogens is 519 g/mol. The Morgan fingerprint density at radius 2 is 1.85 bits per heavy atom. The highest BCUT2D eigenvalue weighted by Gasteiger charge is 2.37. The minimum atomic E-state index is -4.97. The zero-order chi connectivity index (χ0) is 28.2. The first-order valence-electron chi connectivity index (χ1n) is 12.5. The molecule has 1 aliphatic carbocycles. The van der Waals surface area contributed by atoms with Crippen molar-refractivity contribution in [1.82, 2.24) is 15.0 Å². The number of hydrogen-bond donors (Lipinski definition) is 1. The highest BCUT2D eigenvalue weighted by atomic mass is 19.4. The number of aromatic amines is 1. The number of aromatic nitrogens is 2. The van der Waals surface area contributed by atoms with E-state index in [9.17, 15) is 22.8 Å². The van der Waals surface area contributed by atoms with Gasteiger partial charge in [-0.15, -0.1) is 13.2 Å². The third-order valence-corrected chi connectivity index (χ3v) is 7.04. The van der Waals surface area contributed by atoms with Crippen molar-refractivity contribution in [1.29, 1.82) is 0 Å². The van der Waals surface area contributed by atoms with Crippen LogP contribution in [0.15, 0.2) is 16.7 Å². The van der Waals surface area contributed by atoms with Gasteiger partial charge in [-0.3, -0.25) is 9.59 Å². The topological polar surface area (TPSA) is 107 Å². The van der Waals surface area contributed by atoms with Crippen molar-refractivity contribution < 1.29 is 41.5 Å². The van der Waals surface area contributed by atoms with Crippen molar-refractivity contribution in [2.75, 3.05) is 20.2 Å². The van der Waals surface area contributed by atoms with Gasteiger partial charge in [0.25, 0.3) is 5.91 Å². The normalized spacial score (nSPS) is 21.5. The second-order valence-electron chi connectivity index (χ2n) is 10.0. The lowest BCUT2D eigenvalue weighted by molar-refractivity contribution is -0.274. The van der Waals surface area contributed by atoms with Gasteiger partial charge in [0, 0.05) is 41.4 Å². The van der Waals surface area contributed by atoms with Crippen LogP contribution >= 0.6 is 0 Å². The van der Waals surface area contributed by atoms with E-state index in [0.29, 0.717) is 28.1 Å². The molecule has 1 saturated heterocycles. The summed E-state index contributed by atoms with van der Waals surface area (Å²) >= 11 is 0. The van der Waals surface area contributed by atoms with E-state index in [0.717, 1.165) is 17.2 Å². The lowest BCUT2D eigenvalue weighted by Gasteiger charge is -2.35. The van der Waals surface area contributed by atoms with E-state index in [1.54, 1.807) is 18.7 Å². The van der Waals surface area contributed by atoms with Gasteiger partial charge in [0.1, 0.15) is 17.4 Å². The minimum absolute atomic E-state index is 0.0189. The summed E-state index contributed by atoms with van der Waals surface area (Å²) in [5.74, 6) is -1.79. The van der Waals surface area contributed by atoms with Gasteiger partial charge in [-0.1, -0.05) is 5.16 Å². The van der Waals surface area contributed by atoms with Crippen molar-refractivity contribution in [2.45, 2.75) is 58.6 Å². The van der Waals surface area contributed by atoms with E-state index in [-0.39, 0.29) is 42.8 Å². The molecule has 0 bridgehead atoms. The van der Waals surface area contributed by atoms with E-state index >= 15 is 0 Å². The Labute approximate surface area is 221 Å². The molecule has 1 aliphatic heterocycles. The first-order chi connectivity index (χ1) is 18.4. The van der Waals surface area contributed by atoms with Crippen LogP contribution in [0.2, 0.25) is 0 Å². The van der Waals surface area contributed by atoms with Crippen LogP contribution in [-0.4, -0.2) is 65.7 Å². The molecular formula is C27H28F3N3O6. The molecule has 9 nitrogen and oxygen atoms in total. The van der Waals surface area contributed by atoms with Crippen LogP contribution in [0.5, 0.6) is 5.75 Å². The van der Waals surface area contributed by atoms with Gasteiger partial charge in [0.15, 0.2) is 0 Å². The molecule has 0 spiro atoms. The molecule has 3 heterocycles. The number of rotatable bonds is 4. The molecule has 3 atom stereocenters. The number of morpholine rings is 1. The number of aryl methyl sites for hydroxylation is 2. The summed E-state index contributed by atoms with van der Waals surface area (Å²) in [5.41, 5.74) is 3.28. The predicted molar refractivity (Wildman–Crippen MR) is 134 cm³/mol. The van der Waals surface area contributed by atoms with E-state index in [1.165, 1.54) is 13.2 Å².